The van der Waals surface area contributed by atoms with E-state index in [2.05, 4.69) is 10.6 Å². The van der Waals surface area contributed by atoms with Crippen molar-refractivity contribution in [1.29, 1.82) is 5.26 Å². The highest BCUT2D eigenvalue weighted by atomic mass is 35.5. The van der Waals surface area contributed by atoms with Crippen LogP contribution in [0.5, 0.6) is 0 Å². The number of rotatable bonds is 7. The summed E-state index contributed by atoms with van der Waals surface area (Å²) in [5.41, 5.74) is 1.55. The molecular formula is C32H34ClF2N3O2. The lowest BCUT2D eigenvalue weighted by atomic mass is 9.87. The van der Waals surface area contributed by atoms with Crippen molar-refractivity contribution < 1.29 is 18.3 Å². The fourth-order valence-electron chi connectivity index (χ4n) is 5.17. The summed E-state index contributed by atoms with van der Waals surface area (Å²) in [6.45, 7) is 6.14. The second-order valence-electron chi connectivity index (χ2n) is 11.2. The van der Waals surface area contributed by atoms with E-state index in [9.17, 15) is 18.8 Å². The van der Waals surface area contributed by atoms with Gasteiger partial charge in [0, 0.05) is 40.7 Å². The molecule has 1 saturated carbocycles. The maximum atomic E-state index is 14.9. The molecule has 4 rings (SSSR count). The average molecular weight is 566 g/mol. The molecule has 8 heteroatoms. The molecule has 0 radical (unpaired) electrons. The number of carbonyl (C=O) groups is 1. The molecule has 0 aliphatic heterocycles. The van der Waals surface area contributed by atoms with Crippen LogP contribution in [0.25, 0.3) is 11.1 Å². The third-order valence-electron chi connectivity index (χ3n) is 7.14. The van der Waals surface area contributed by atoms with Crippen molar-refractivity contribution in [3.8, 4) is 17.2 Å². The van der Waals surface area contributed by atoms with Gasteiger partial charge in [-0.2, -0.15) is 5.26 Å². The van der Waals surface area contributed by atoms with Gasteiger partial charge in [0.2, 0.25) is 0 Å². The van der Waals surface area contributed by atoms with Crippen LogP contribution in [-0.2, 0) is 4.74 Å². The molecule has 0 spiro atoms. The lowest BCUT2D eigenvalue weighted by Gasteiger charge is -2.32. The lowest BCUT2D eigenvalue weighted by molar-refractivity contribution is 0.0489. The van der Waals surface area contributed by atoms with E-state index in [1.54, 1.807) is 12.1 Å². The molecule has 1 aliphatic carbocycles. The van der Waals surface area contributed by atoms with Gasteiger partial charge in [0.25, 0.3) is 0 Å². The van der Waals surface area contributed by atoms with Crippen LogP contribution in [0.3, 0.4) is 0 Å². The van der Waals surface area contributed by atoms with Gasteiger partial charge in [0.15, 0.2) is 11.6 Å². The summed E-state index contributed by atoms with van der Waals surface area (Å²) in [4.78, 5) is 12.2. The topological polar surface area (TPSA) is 74.2 Å². The van der Waals surface area contributed by atoms with Crippen LogP contribution in [0.4, 0.5) is 13.6 Å². The first-order chi connectivity index (χ1) is 19.1. The number of nitrogens with one attached hydrogen (secondary N) is 2. The fourth-order valence-corrected chi connectivity index (χ4v) is 5.38. The second kappa shape index (κ2) is 12.8. The van der Waals surface area contributed by atoms with Crippen LogP contribution < -0.4 is 10.6 Å². The standard InChI is InChI=1S/C32H34ClF2N3O2/c1-32(2,3)40-31(39)38-24-13-11-23(12-14-24)37-19-26(20-7-5-4-6-8-20)21-9-15-27(33)25(17-21)29-22(18-36)10-16-28(34)30(29)35/h4-10,15-17,23-24,26,37H,11-14,19H2,1-3H3,(H,38,39). The zero-order valence-corrected chi connectivity index (χ0v) is 23.7. The summed E-state index contributed by atoms with van der Waals surface area (Å²) in [7, 11) is 0. The number of amides is 1. The van der Waals surface area contributed by atoms with Crippen molar-refractivity contribution in [2.75, 3.05) is 6.54 Å². The van der Waals surface area contributed by atoms with E-state index in [1.165, 1.54) is 6.07 Å². The van der Waals surface area contributed by atoms with Gasteiger partial charge in [0.1, 0.15) is 5.60 Å². The summed E-state index contributed by atoms with van der Waals surface area (Å²) in [6.07, 6.45) is 3.09. The highest BCUT2D eigenvalue weighted by Crippen LogP contribution is 2.37. The summed E-state index contributed by atoms with van der Waals surface area (Å²) in [5, 5.41) is 16.5. The van der Waals surface area contributed by atoms with Crippen molar-refractivity contribution in [3.05, 3.63) is 94.0 Å². The molecule has 0 saturated heterocycles. The molecular weight excluding hydrogens is 532 g/mol. The fraction of sp³-hybridized carbons (Fsp3) is 0.375. The number of benzene rings is 3. The van der Waals surface area contributed by atoms with Gasteiger partial charge in [-0.25, -0.2) is 13.6 Å². The SMILES string of the molecule is CC(C)(C)OC(=O)NC1CCC(NCC(c2ccccc2)c2ccc(Cl)c(-c3c(C#N)ccc(F)c3F)c2)CC1. The zero-order chi connectivity index (χ0) is 28.9. The first kappa shape index (κ1) is 29.5. The Labute approximate surface area is 239 Å². The predicted octanol–water partition coefficient (Wildman–Crippen LogP) is 7.71. The number of alkyl carbamates (subject to hydrolysis) is 1. The van der Waals surface area contributed by atoms with E-state index in [0.29, 0.717) is 6.54 Å². The van der Waals surface area contributed by atoms with Crippen LogP contribution >= 0.6 is 11.6 Å². The molecule has 1 amide bonds. The Bertz CT molecular complexity index is 1380. The smallest absolute Gasteiger partial charge is 0.407 e. The van der Waals surface area contributed by atoms with E-state index in [4.69, 9.17) is 16.3 Å². The largest absolute Gasteiger partial charge is 0.444 e. The number of hydrogen-bond acceptors (Lipinski definition) is 4. The Balaban J connectivity index is 1.52. The molecule has 0 heterocycles. The maximum absolute atomic E-state index is 14.9. The number of halogens is 3. The summed E-state index contributed by atoms with van der Waals surface area (Å²) in [6, 6.07) is 19.8. The van der Waals surface area contributed by atoms with Gasteiger partial charge < -0.3 is 15.4 Å². The third kappa shape index (κ3) is 7.38. The molecule has 40 heavy (non-hydrogen) atoms. The number of hydrogen-bond donors (Lipinski definition) is 2. The van der Waals surface area contributed by atoms with Gasteiger partial charge in [-0.3, -0.25) is 0 Å². The Morgan fingerprint density at radius 2 is 1.70 bits per heavy atom. The van der Waals surface area contributed by atoms with E-state index in [-0.39, 0.29) is 45.8 Å². The van der Waals surface area contributed by atoms with Crippen molar-refractivity contribution in [2.45, 2.75) is 70.1 Å². The van der Waals surface area contributed by atoms with Gasteiger partial charge in [-0.1, -0.05) is 48.0 Å². The van der Waals surface area contributed by atoms with E-state index < -0.39 is 17.2 Å². The first-order valence-electron chi connectivity index (χ1n) is 13.5. The maximum Gasteiger partial charge on any atom is 0.407 e. The van der Waals surface area contributed by atoms with Gasteiger partial charge in [0.05, 0.1) is 11.6 Å². The molecule has 1 fully saturated rings. The molecule has 1 unspecified atom stereocenters. The van der Waals surface area contributed by atoms with Crippen molar-refractivity contribution in [1.82, 2.24) is 10.6 Å². The highest BCUT2D eigenvalue weighted by Gasteiger charge is 2.26. The van der Waals surface area contributed by atoms with Crippen LogP contribution in [-0.4, -0.2) is 30.3 Å². The predicted molar refractivity (Wildman–Crippen MR) is 153 cm³/mol. The molecule has 210 valence electrons. The van der Waals surface area contributed by atoms with Gasteiger partial charge in [-0.15, -0.1) is 0 Å². The van der Waals surface area contributed by atoms with Crippen molar-refractivity contribution >= 4 is 17.7 Å². The highest BCUT2D eigenvalue weighted by molar-refractivity contribution is 6.33. The van der Waals surface area contributed by atoms with Crippen LogP contribution in [0, 0.1) is 23.0 Å². The number of ether oxygens (including phenoxy) is 1. The Hall–Kier alpha value is -3.47. The molecule has 0 bridgehead atoms. The summed E-state index contributed by atoms with van der Waals surface area (Å²) in [5.74, 6) is -2.23. The summed E-state index contributed by atoms with van der Waals surface area (Å²) >= 11 is 6.47. The Kier molecular flexibility index (Phi) is 9.44. The van der Waals surface area contributed by atoms with Crippen molar-refractivity contribution in [3.63, 3.8) is 0 Å². The van der Waals surface area contributed by atoms with E-state index >= 15 is 0 Å². The summed E-state index contributed by atoms with van der Waals surface area (Å²) < 4.78 is 34.5. The number of nitrogens with zero attached hydrogens (tertiary/aromatic N) is 1. The Morgan fingerprint density at radius 3 is 2.35 bits per heavy atom. The number of carbonyl (C=O) groups excluding carboxylic acids is 1. The zero-order valence-electron chi connectivity index (χ0n) is 22.9. The van der Waals surface area contributed by atoms with Crippen LogP contribution in [0.2, 0.25) is 5.02 Å². The minimum Gasteiger partial charge on any atom is -0.444 e. The van der Waals surface area contributed by atoms with Crippen molar-refractivity contribution in [2.24, 2.45) is 0 Å². The van der Waals surface area contributed by atoms with Gasteiger partial charge >= 0.3 is 6.09 Å². The molecule has 5 nitrogen and oxygen atoms in total. The average Bonchev–Trinajstić information content (AvgIpc) is 2.91. The molecule has 0 aromatic heterocycles. The van der Waals surface area contributed by atoms with Gasteiger partial charge in [-0.05, 0) is 81.8 Å². The number of nitriles is 1. The quantitative estimate of drug-likeness (QED) is 0.307. The normalized spacial score (nSPS) is 18.0. The minimum atomic E-state index is -1.09. The first-order valence-corrected chi connectivity index (χ1v) is 13.9. The molecule has 1 atom stereocenters. The Morgan fingerprint density at radius 1 is 1.02 bits per heavy atom. The van der Waals surface area contributed by atoms with E-state index in [0.717, 1.165) is 42.9 Å². The second-order valence-corrected chi connectivity index (χ2v) is 11.6. The van der Waals surface area contributed by atoms with Crippen LogP contribution in [0.15, 0.2) is 60.7 Å². The third-order valence-corrected chi connectivity index (χ3v) is 7.47. The molecule has 3 aromatic carbocycles. The molecule has 3 aromatic rings. The molecule has 2 N–H and O–H groups in total. The minimum absolute atomic E-state index is 0.0177. The van der Waals surface area contributed by atoms with E-state index in [1.807, 2.05) is 63.2 Å². The van der Waals surface area contributed by atoms with Crippen LogP contribution in [0.1, 0.15) is 69.1 Å². The lowest BCUT2D eigenvalue weighted by Crippen LogP contribution is -2.44. The monoisotopic (exact) mass is 565 g/mol. The molecule has 1 aliphatic rings.